The van der Waals surface area contributed by atoms with E-state index in [-0.39, 0.29) is 17.6 Å². The Bertz CT molecular complexity index is 625. The molecule has 1 N–H and O–H groups in total. The fourth-order valence-electron chi connectivity index (χ4n) is 5.18. The van der Waals surface area contributed by atoms with Gasteiger partial charge in [0.15, 0.2) is 8.32 Å². The fourth-order valence-corrected chi connectivity index (χ4v) is 6.49. The highest BCUT2D eigenvalue weighted by Crippen LogP contribution is 2.53. The van der Waals surface area contributed by atoms with Gasteiger partial charge in [-0.25, -0.2) is 0 Å². The van der Waals surface area contributed by atoms with Crippen LogP contribution in [0.4, 0.5) is 0 Å². The summed E-state index contributed by atoms with van der Waals surface area (Å²) in [5.41, 5.74) is 0. The van der Waals surface area contributed by atoms with E-state index in [1.165, 1.54) is 38.5 Å². The lowest BCUT2D eigenvalue weighted by molar-refractivity contribution is -0.137. The van der Waals surface area contributed by atoms with Crippen molar-refractivity contribution in [1.29, 1.82) is 0 Å². The van der Waals surface area contributed by atoms with Crippen LogP contribution in [0.25, 0.3) is 0 Å². The minimum Gasteiger partial charge on any atom is -0.481 e. The Morgan fingerprint density at radius 1 is 1.12 bits per heavy atom. The topological polar surface area (TPSA) is 46.5 Å². The van der Waals surface area contributed by atoms with Gasteiger partial charge in [-0.3, -0.25) is 4.79 Å². The second kappa shape index (κ2) is 12.6. The number of hydrogen-bond donors (Lipinski definition) is 1. The molecule has 0 unspecified atom stereocenters. The van der Waals surface area contributed by atoms with Gasteiger partial charge in [0.1, 0.15) is 0 Å². The van der Waals surface area contributed by atoms with Crippen molar-refractivity contribution in [2.45, 2.75) is 123 Å². The third-order valence-electron chi connectivity index (χ3n) is 8.29. The van der Waals surface area contributed by atoms with E-state index in [9.17, 15) is 4.79 Å². The third kappa shape index (κ3) is 8.48. The predicted molar refractivity (Wildman–Crippen MR) is 138 cm³/mol. The summed E-state index contributed by atoms with van der Waals surface area (Å²) in [6.07, 6.45) is 21.9. The minimum absolute atomic E-state index is 0.240. The van der Waals surface area contributed by atoms with Gasteiger partial charge >= 0.3 is 5.97 Å². The first kappa shape index (κ1) is 27.4. The fraction of sp³-hybridized carbons (Fsp3) is 0.821. The SMILES string of the molecule is CCCCC[C@@H](/C=C/[C@H]1CC2CC(C2)[C@@H]1C/C=C\CCCC(=O)O)O[Si](C)(C)C(C)(C)C. The van der Waals surface area contributed by atoms with Crippen LogP contribution < -0.4 is 0 Å². The van der Waals surface area contributed by atoms with Crippen molar-refractivity contribution in [1.82, 2.24) is 0 Å². The van der Waals surface area contributed by atoms with Gasteiger partial charge in [-0.2, -0.15) is 0 Å². The molecule has 0 amide bonds. The lowest BCUT2D eigenvalue weighted by Crippen LogP contribution is -2.44. The van der Waals surface area contributed by atoms with E-state index in [2.05, 4.69) is 65.1 Å². The maximum Gasteiger partial charge on any atom is 0.303 e. The first-order valence-electron chi connectivity index (χ1n) is 13.3. The Labute approximate surface area is 199 Å². The molecule has 0 aromatic rings. The summed E-state index contributed by atoms with van der Waals surface area (Å²) in [4.78, 5) is 10.7. The molecule has 0 aliphatic heterocycles. The second-order valence-corrected chi connectivity index (χ2v) is 16.7. The average molecular weight is 463 g/mol. The summed E-state index contributed by atoms with van der Waals surface area (Å²) < 4.78 is 6.85. The van der Waals surface area contributed by atoms with Crippen molar-refractivity contribution in [3.8, 4) is 0 Å². The quantitative estimate of drug-likeness (QED) is 0.160. The van der Waals surface area contributed by atoms with Crippen molar-refractivity contribution in [3.05, 3.63) is 24.3 Å². The molecule has 3 rings (SSSR count). The molecular weight excluding hydrogens is 412 g/mol. The molecule has 3 nitrogen and oxygen atoms in total. The lowest BCUT2D eigenvalue weighted by atomic mass is 9.55. The van der Waals surface area contributed by atoms with E-state index in [1.54, 1.807) is 0 Å². The van der Waals surface area contributed by atoms with E-state index in [4.69, 9.17) is 9.53 Å². The molecule has 3 aliphatic rings. The average Bonchev–Trinajstić information content (AvgIpc) is 2.67. The van der Waals surface area contributed by atoms with Gasteiger partial charge in [-0.1, -0.05) is 71.3 Å². The highest BCUT2D eigenvalue weighted by molar-refractivity contribution is 6.74. The maximum atomic E-state index is 10.7. The zero-order valence-corrected chi connectivity index (χ0v) is 22.7. The number of carboxylic acids is 1. The normalized spacial score (nSPS) is 27.1. The van der Waals surface area contributed by atoms with Gasteiger partial charge in [-0.15, -0.1) is 0 Å². The Morgan fingerprint density at radius 3 is 2.47 bits per heavy atom. The molecule has 0 aromatic heterocycles. The number of allylic oxidation sites excluding steroid dienone is 3. The van der Waals surface area contributed by atoms with Gasteiger partial charge < -0.3 is 9.53 Å². The molecule has 3 atom stereocenters. The van der Waals surface area contributed by atoms with Gasteiger partial charge in [0.2, 0.25) is 0 Å². The van der Waals surface area contributed by atoms with Crippen LogP contribution >= 0.6 is 0 Å². The zero-order valence-electron chi connectivity index (χ0n) is 21.7. The van der Waals surface area contributed by atoms with Crippen LogP contribution in [0.5, 0.6) is 0 Å². The van der Waals surface area contributed by atoms with Crippen LogP contribution in [-0.2, 0) is 9.22 Å². The van der Waals surface area contributed by atoms with E-state index in [1.807, 2.05) is 0 Å². The molecule has 184 valence electrons. The first-order valence-corrected chi connectivity index (χ1v) is 16.2. The summed E-state index contributed by atoms with van der Waals surface area (Å²) in [6.45, 7) is 14.0. The molecule has 0 spiro atoms. The van der Waals surface area contributed by atoms with Crippen LogP contribution in [0.2, 0.25) is 18.1 Å². The van der Waals surface area contributed by atoms with Gasteiger partial charge in [0, 0.05) is 6.42 Å². The van der Waals surface area contributed by atoms with Crippen LogP contribution in [-0.4, -0.2) is 25.5 Å². The summed E-state index contributed by atoms with van der Waals surface area (Å²) >= 11 is 0. The van der Waals surface area contributed by atoms with Crippen molar-refractivity contribution >= 4 is 14.3 Å². The smallest absolute Gasteiger partial charge is 0.303 e. The Balaban J connectivity index is 1.99. The summed E-state index contributed by atoms with van der Waals surface area (Å²) in [5.74, 6) is 2.55. The van der Waals surface area contributed by atoms with Crippen molar-refractivity contribution in [2.24, 2.45) is 23.7 Å². The number of hydrogen-bond acceptors (Lipinski definition) is 2. The number of carboxylic acid groups (broad SMARTS) is 1. The Hall–Kier alpha value is -0.873. The number of aliphatic carboxylic acids is 1. The highest BCUT2D eigenvalue weighted by atomic mass is 28.4. The second-order valence-electron chi connectivity index (χ2n) is 12.0. The molecule has 32 heavy (non-hydrogen) atoms. The summed E-state index contributed by atoms with van der Waals surface area (Å²) in [5, 5.41) is 9.04. The molecular formula is C28H50O3Si. The predicted octanol–water partition coefficient (Wildman–Crippen LogP) is 8.38. The van der Waals surface area contributed by atoms with Crippen molar-refractivity contribution < 1.29 is 14.3 Å². The molecule has 3 aliphatic carbocycles. The van der Waals surface area contributed by atoms with Gasteiger partial charge in [0.25, 0.3) is 0 Å². The number of fused-ring (bicyclic) bond motifs is 2. The van der Waals surface area contributed by atoms with Crippen molar-refractivity contribution in [3.63, 3.8) is 0 Å². The van der Waals surface area contributed by atoms with Crippen LogP contribution in [0.3, 0.4) is 0 Å². The molecule has 0 aromatic carbocycles. The number of rotatable bonds is 14. The van der Waals surface area contributed by atoms with E-state index in [0.717, 1.165) is 43.4 Å². The molecule has 3 saturated carbocycles. The lowest BCUT2D eigenvalue weighted by Gasteiger charge is -2.50. The molecule has 2 bridgehead atoms. The number of unbranched alkanes of at least 4 members (excludes halogenated alkanes) is 3. The van der Waals surface area contributed by atoms with Crippen LogP contribution in [0.15, 0.2) is 24.3 Å². The first-order chi connectivity index (χ1) is 15.0. The molecule has 4 heteroatoms. The minimum atomic E-state index is -1.78. The molecule has 0 heterocycles. The number of carbonyl (C=O) groups is 1. The molecule has 0 radical (unpaired) electrons. The van der Waals surface area contributed by atoms with Crippen LogP contribution in [0, 0.1) is 23.7 Å². The van der Waals surface area contributed by atoms with Crippen LogP contribution in [0.1, 0.15) is 98.3 Å². The Kier molecular flexibility index (Phi) is 10.7. The van der Waals surface area contributed by atoms with Gasteiger partial charge in [-0.05, 0) is 86.7 Å². The zero-order chi connectivity index (χ0) is 23.8. The summed E-state index contributed by atoms with van der Waals surface area (Å²) in [7, 11) is -1.78. The highest BCUT2D eigenvalue weighted by Gasteiger charge is 2.44. The maximum absolute atomic E-state index is 10.7. The van der Waals surface area contributed by atoms with E-state index < -0.39 is 14.3 Å². The van der Waals surface area contributed by atoms with Crippen molar-refractivity contribution in [2.75, 3.05) is 0 Å². The standard InChI is InChI=1S/C28H50O3Si/c1-7-8-11-14-25(31-32(5,6)28(2,3)4)18-17-23-19-22-20-24(21-22)26(23)15-12-9-10-13-16-27(29)30/h9,12,17-18,22-26H,7-8,10-11,13-16,19-21H2,1-6H3,(H,29,30)/b12-9-,18-17+/t22?,23-,24?,25-,26+/m0/s1. The monoisotopic (exact) mass is 462 g/mol. The summed E-state index contributed by atoms with van der Waals surface area (Å²) in [6, 6.07) is 0. The third-order valence-corrected chi connectivity index (χ3v) is 12.8. The molecule has 0 saturated heterocycles. The van der Waals surface area contributed by atoms with E-state index >= 15 is 0 Å². The molecule has 3 fully saturated rings. The Morgan fingerprint density at radius 2 is 1.84 bits per heavy atom. The van der Waals surface area contributed by atoms with Gasteiger partial charge in [0.05, 0.1) is 6.10 Å². The largest absolute Gasteiger partial charge is 0.481 e. The van der Waals surface area contributed by atoms with E-state index in [0.29, 0.717) is 5.92 Å².